The third-order valence-electron chi connectivity index (χ3n) is 5.41. The second kappa shape index (κ2) is 8.92. The molecule has 150 valence electrons. The number of piperazine rings is 1. The maximum atomic E-state index is 12.8. The molecule has 29 heavy (non-hydrogen) atoms. The molecule has 1 unspecified atom stereocenters. The Kier molecular flexibility index (Phi) is 5.91. The Morgan fingerprint density at radius 3 is 2.28 bits per heavy atom. The molecule has 2 heterocycles. The van der Waals surface area contributed by atoms with E-state index < -0.39 is 0 Å². The summed E-state index contributed by atoms with van der Waals surface area (Å²) in [4.78, 5) is 21.1. The lowest BCUT2D eigenvalue weighted by Crippen LogP contribution is -2.50. The smallest absolute Gasteiger partial charge is 0.272 e. The van der Waals surface area contributed by atoms with Gasteiger partial charge in [-0.15, -0.1) is 0 Å². The van der Waals surface area contributed by atoms with Gasteiger partial charge in [-0.2, -0.15) is 0 Å². The van der Waals surface area contributed by atoms with E-state index in [1.54, 1.807) is 17.1 Å². The lowest BCUT2D eigenvalue weighted by molar-refractivity contribution is 0.0492. The monoisotopic (exact) mass is 390 g/mol. The summed E-state index contributed by atoms with van der Waals surface area (Å²) in [7, 11) is 1.85. The van der Waals surface area contributed by atoms with Gasteiger partial charge < -0.3 is 14.2 Å². The molecule has 4 rings (SSSR count). The van der Waals surface area contributed by atoms with Crippen molar-refractivity contribution in [2.45, 2.75) is 6.04 Å². The van der Waals surface area contributed by atoms with E-state index >= 15 is 0 Å². The minimum atomic E-state index is 0.0430. The molecule has 1 amide bonds. The Labute approximate surface area is 171 Å². The number of ether oxygens (including phenoxy) is 1. The quantitative estimate of drug-likeness (QED) is 0.649. The number of rotatable bonds is 6. The van der Waals surface area contributed by atoms with Gasteiger partial charge >= 0.3 is 0 Å². The van der Waals surface area contributed by atoms with Gasteiger partial charge in [0.05, 0.1) is 18.6 Å². The Hall–Kier alpha value is -3.12. The van der Waals surface area contributed by atoms with E-state index in [0.29, 0.717) is 25.4 Å². The zero-order valence-corrected chi connectivity index (χ0v) is 16.6. The van der Waals surface area contributed by atoms with Crippen LogP contribution in [0.3, 0.4) is 0 Å². The fourth-order valence-corrected chi connectivity index (χ4v) is 3.74. The van der Waals surface area contributed by atoms with E-state index in [2.05, 4.69) is 34.1 Å². The fraction of sp³-hybridized carbons (Fsp3) is 0.304. The van der Waals surface area contributed by atoms with E-state index in [-0.39, 0.29) is 11.9 Å². The summed E-state index contributed by atoms with van der Waals surface area (Å²) < 4.78 is 7.86. The van der Waals surface area contributed by atoms with E-state index in [1.807, 2.05) is 48.3 Å². The molecular formula is C23H26N4O2. The number of amides is 1. The van der Waals surface area contributed by atoms with Gasteiger partial charge in [0.15, 0.2) is 0 Å². The largest absolute Gasteiger partial charge is 0.492 e. The third kappa shape index (κ3) is 4.49. The van der Waals surface area contributed by atoms with Crippen LogP contribution in [-0.4, -0.2) is 58.0 Å². The summed E-state index contributed by atoms with van der Waals surface area (Å²) in [5, 5.41) is 0. The molecule has 6 nitrogen and oxygen atoms in total. The lowest BCUT2D eigenvalue weighted by Gasteiger charge is -2.39. The first-order valence-corrected chi connectivity index (χ1v) is 9.95. The van der Waals surface area contributed by atoms with Crippen LogP contribution in [0.4, 0.5) is 0 Å². The van der Waals surface area contributed by atoms with Gasteiger partial charge in [0.1, 0.15) is 18.1 Å². The van der Waals surface area contributed by atoms with Gasteiger partial charge in [0, 0.05) is 33.2 Å². The van der Waals surface area contributed by atoms with Crippen LogP contribution in [0.2, 0.25) is 0 Å². The molecule has 1 atom stereocenters. The molecule has 2 aromatic carbocycles. The van der Waals surface area contributed by atoms with Crippen molar-refractivity contribution in [1.82, 2.24) is 19.4 Å². The molecule has 1 aliphatic heterocycles. The van der Waals surface area contributed by atoms with Gasteiger partial charge in [-0.05, 0) is 17.7 Å². The SMILES string of the molecule is Cn1cncc1C(=O)N1CCN(C(COc2ccccc2)c2ccccc2)CC1. The number of benzene rings is 2. The zero-order valence-electron chi connectivity index (χ0n) is 16.6. The molecule has 1 fully saturated rings. The van der Waals surface area contributed by atoms with Crippen molar-refractivity contribution in [1.29, 1.82) is 0 Å². The highest BCUT2D eigenvalue weighted by molar-refractivity contribution is 5.92. The highest BCUT2D eigenvalue weighted by atomic mass is 16.5. The Morgan fingerprint density at radius 1 is 1.00 bits per heavy atom. The van der Waals surface area contributed by atoms with Crippen molar-refractivity contribution < 1.29 is 9.53 Å². The van der Waals surface area contributed by atoms with Crippen LogP contribution in [0.25, 0.3) is 0 Å². The molecular weight excluding hydrogens is 364 g/mol. The molecule has 1 saturated heterocycles. The number of hydrogen-bond donors (Lipinski definition) is 0. The van der Waals surface area contributed by atoms with Crippen molar-refractivity contribution in [2.75, 3.05) is 32.8 Å². The van der Waals surface area contributed by atoms with Crippen molar-refractivity contribution in [3.63, 3.8) is 0 Å². The van der Waals surface area contributed by atoms with Crippen LogP contribution in [0.15, 0.2) is 73.2 Å². The number of para-hydroxylation sites is 1. The van der Waals surface area contributed by atoms with Crippen LogP contribution in [0.1, 0.15) is 22.1 Å². The first-order chi connectivity index (χ1) is 14.2. The minimum absolute atomic E-state index is 0.0430. The standard InChI is InChI=1S/C23H26N4O2/c1-25-18-24-16-21(25)23(28)27-14-12-26(13-15-27)22(19-8-4-2-5-9-19)17-29-20-10-6-3-7-11-20/h2-11,16,18,22H,12-15,17H2,1H3. The summed E-state index contributed by atoms with van der Waals surface area (Å²) in [6, 6.07) is 20.5. The molecule has 0 saturated carbocycles. The van der Waals surface area contributed by atoms with E-state index in [9.17, 15) is 4.79 Å². The van der Waals surface area contributed by atoms with Crippen molar-refractivity contribution in [3.05, 3.63) is 84.4 Å². The first-order valence-electron chi connectivity index (χ1n) is 9.95. The van der Waals surface area contributed by atoms with Gasteiger partial charge in [0.25, 0.3) is 5.91 Å². The number of imidazole rings is 1. The van der Waals surface area contributed by atoms with Gasteiger partial charge in [-0.3, -0.25) is 9.69 Å². The van der Waals surface area contributed by atoms with Crippen molar-refractivity contribution >= 4 is 5.91 Å². The predicted molar refractivity (Wildman–Crippen MR) is 112 cm³/mol. The van der Waals surface area contributed by atoms with Crippen molar-refractivity contribution in [3.8, 4) is 5.75 Å². The Balaban J connectivity index is 1.43. The summed E-state index contributed by atoms with van der Waals surface area (Å²) in [6.07, 6.45) is 3.30. The second-order valence-electron chi connectivity index (χ2n) is 7.27. The molecule has 6 heteroatoms. The Bertz CT molecular complexity index is 918. The highest BCUT2D eigenvalue weighted by Gasteiger charge is 2.28. The van der Waals surface area contributed by atoms with Crippen LogP contribution in [-0.2, 0) is 7.05 Å². The minimum Gasteiger partial charge on any atom is -0.492 e. The average molecular weight is 390 g/mol. The molecule has 0 radical (unpaired) electrons. The number of carbonyl (C=O) groups excluding carboxylic acids is 1. The lowest BCUT2D eigenvalue weighted by atomic mass is 10.0. The molecule has 0 bridgehead atoms. The molecule has 0 aliphatic carbocycles. The van der Waals surface area contributed by atoms with Gasteiger partial charge in [-0.1, -0.05) is 48.5 Å². The average Bonchev–Trinajstić information content (AvgIpc) is 3.21. The maximum Gasteiger partial charge on any atom is 0.272 e. The third-order valence-corrected chi connectivity index (χ3v) is 5.41. The molecule has 3 aromatic rings. The van der Waals surface area contributed by atoms with Crippen LogP contribution >= 0.6 is 0 Å². The maximum absolute atomic E-state index is 12.8. The van der Waals surface area contributed by atoms with E-state index in [1.165, 1.54) is 5.56 Å². The van der Waals surface area contributed by atoms with Crippen LogP contribution in [0.5, 0.6) is 5.75 Å². The summed E-state index contributed by atoms with van der Waals surface area (Å²) >= 11 is 0. The van der Waals surface area contributed by atoms with Crippen LogP contribution in [0, 0.1) is 0 Å². The number of aryl methyl sites for hydroxylation is 1. The summed E-state index contributed by atoms with van der Waals surface area (Å²) in [6.45, 7) is 3.57. The van der Waals surface area contributed by atoms with E-state index in [4.69, 9.17) is 4.74 Å². The topological polar surface area (TPSA) is 50.6 Å². The van der Waals surface area contributed by atoms with Gasteiger partial charge in [-0.25, -0.2) is 4.98 Å². The summed E-state index contributed by atoms with van der Waals surface area (Å²) in [5.41, 5.74) is 1.86. The second-order valence-corrected chi connectivity index (χ2v) is 7.27. The van der Waals surface area contributed by atoms with Crippen LogP contribution < -0.4 is 4.74 Å². The molecule has 0 spiro atoms. The fourth-order valence-electron chi connectivity index (χ4n) is 3.74. The van der Waals surface area contributed by atoms with Crippen molar-refractivity contribution in [2.24, 2.45) is 7.05 Å². The molecule has 1 aromatic heterocycles. The highest BCUT2D eigenvalue weighted by Crippen LogP contribution is 2.24. The molecule has 1 aliphatic rings. The normalized spacial score (nSPS) is 15.8. The predicted octanol–water partition coefficient (Wildman–Crippen LogP) is 3.00. The first kappa shape index (κ1) is 19.2. The van der Waals surface area contributed by atoms with E-state index in [0.717, 1.165) is 18.8 Å². The number of carbonyl (C=O) groups is 1. The summed E-state index contributed by atoms with van der Waals surface area (Å²) in [5.74, 6) is 0.917. The number of hydrogen-bond acceptors (Lipinski definition) is 4. The Morgan fingerprint density at radius 2 is 1.66 bits per heavy atom. The van der Waals surface area contributed by atoms with Gasteiger partial charge in [0.2, 0.25) is 0 Å². The number of nitrogens with zero attached hydrogens (tertiary/aromatic N) is 4. The zero-order chi connectivity index (χ0) is 20.1. The molecule has 0 N–H and O–H groups in total. The number of aromatic nitrogens is 2.